The topological polar surface area (TPSA) is 94.4 Å². The number of hydrogen-bond donors (Lipinski definition) is 2. The quantitative estimate of drug-likeness (QED) is 0.611. The lowest BCUT2D eigenvalue weighted by molar-refractivity contribution is -0.137. The van der Waals surface area contributed by atoms with Crippen LogP contribution in [0, 0.1) is 0 Å². The molecule has 26 heavy (non-hydrogen) atoms. The standard InChI is InChI=1S/C18H22N4O4/c1-5-26-17(24)7-6-15-8-13(10-21(15)3)20-18(25)16-9-14(11-22(16)4)19-12(2)23/h6-11H,5H2,1-4H3,(H,19,23)(H,20,25)/b7-6+. The molecule has 2 aromatic heterocycles. The zero-order valence-electron chi connectivity index (χ0n) is 15.2. The molecule has 8 nitrogen and oxygen atoms in total. The van der Waals surface area contributed by atoms with Gasteiger partial charge in [-0.1, -0.05) is 0 Å². The predicted octanol–water partition coefficient (Wildman–Crippen LogP) is 2.15. The number of nitrogens with one attached hydrogen (secondary N) is 2. The first kappa shape index (κ1) is 19.0. The number of amides is 2. The third-order valence-electron chi connectivity index (χ3n) is 3.54. The Morgan fingerprint density at radius 2 is 1.73 bits per heavy atom. The lowest BCUT2D eigenvalue weighted by atomic mass is 10.3. The molecule has 0 aliphatic carbocycles. The van der Waals surface area contributed by atoms with Crippen molar-refractivity contribution in [2.24, 2.45) is 14.1 Å². The molecule has 0 atom stereocenters. The van der Waals surface area contributed by atoms with E-state index in [9.17, 15) is 14.4 Å². The molecule has 0 saturated heterocycles. The summed E-state index contributed by atoms with van der Waals surface area (Å²) in [7, 11) is 3.52. The first-order valence-corrected chi connectivity index (χ1v) is 8.06. The van der Waals surface area contributed by atoms with Gasteiger partial charge in [-0.25, -0.2) is 4.79 Å². The molecule has 2 rings (SSSR count). The number of carbonyl (C=O) groups is 3. The highest BCUT2D eigenvalue weighted by Gasteiger charge is 2.14. The smallest absolute Gasteiger partial charge is 0.330 e. The molecule has 138 valence electrons. The normalized spacial score (nSPS) is 10.8. The molecule has 2 aromatic rings. The maximum atomic E-state index is 12.5. The first-order chi connectivity index (χ1) is 12.3. The minimum atomic E-state index is -0.423. The van der Waals surface area contributed by atoms with Crippen molar-refractivity contribution >= 4 is 35.2 Å². The van der Waals surface area contributed by atoms with E-state index in [-0.39, 0.29) is 11.8 Å². The van der Waals surface area contributed by atoms with Gasteiger partial charge in [0.1, 0.15) is 5.69 Å². The summed E-state index contributed by atoms with van der Waals surface area (Å²) in [6.45, 7) is 3.46. The highest BCUT2D eigenvalue weighted by molar-refractivity contribution is 6.04. The van der Waals surface area contributed by atoms with E-state index >= 15 is 0 Å². The molecule has 2 N–H and O–H groups in total. The third kappa shape index (κ3) is 4.85. The number of carbonyl (C=O) groups excluding carboxylic acids is 3. The van der Waals surface area contributed by atoms with E-state index in [1.807, 2.05) is 0 Å². The van der Waals surface area contributed by atoms with Gasteiger partial charge in [0.25, 0.3) is 5.91 Å². The van der Waals surface area contributed by atoms with Crippen LogP contribution in [-0.4, -0.2) is 33.5 Å². The fourth-order valence-corrected chi connectivity index (χ4v) is 2.42. The van der Waals surface area contributed by atoms with E-state index in [0.717, 1.165) is 5.69 Å². The van der Waals surface area contributed by atoms with Crippen molar-refractivity contribution in [3.63, 3.8) is 0 Å². The Hall–Kier alpha value is -3.29. The van der Waals surface area contributed by atoms with Gasteiger partial charge in [-0.15, -0.1) is 0 Å². The minimum absolute atomic E-state index is 0.205. The lowest BCUT2D eigenvalue weighted by Gasteiger charge is -2.03. The summed E-state index contributed by atoms with van der Waals surface area (Å²) in [5, 5.41) is 5.44. The van der Waals surface area contributed by atoms with Crippen molar-refractivity contribution in [3.05, 3.63) is 42.0 Å². The number of rotatable bonds is 6. The van der Waals surface area contributed by atoms with Gasteiger partial charge in [-0.3, -0.25) is 9.59 Å². The van der Waals surface area contributed by atoms with E-state index in [1.54, 1.807) is 60.8 Å². The fourth-order valence-electron chi connectivity index (χ4n) is 2.42. The molecule has 0 spiro atoms. The average molecular weight is 358 g/mol. The van der Waals surface area contributed by atoms with Gasteiger partial charge in [0.2, 0.25) is 5.91 Å². The number of hydrogen-bond acceptors (Lipinski definition) is 4. The van der Waals surface area contributed by atoms with Crippen LogP contribution < -0.4 is 10.6 Å². The van der Waals surface area contributed by atoms with Crippen LogP contribution >= 0.6 is 0 Å². The second-order valence-electron chi connectivity index (χ2n) is 5.71. The molecule has 2 amide bonds. The van der Waals surface area contributed by atoms with Crippen molar-refractivity contribution in [3.8, 4) is 0 Å². The van der Waals surface area contributed by atoms with Crippen molar-refractivity contribution in [2.75, 3.05) is 17.2 Å². The van der Waals surface area contributed by atoms with Gasteiger partial charge in [0.15, 0.2) is 0 Å². The average Bonchev–Trinajstić information content (AvgIpc) is 3.07. The van der Waals surface area contributed by atoms with Crippen LogP contribution in [0.2, 0.25) is 0 Å². The second-order valence-corrected chi connectivity index (χ2v) is 5.71. The van der Waals surface area contributed by atoms with Gasteiger partial charge < -0.3 is 24.5 Å². The molecular weight excluding hydrogens is 336 g/mol. The van der Waals surface area contributed by atoms with Crippen molar-refractivity contribution in [2.45, 2.75) is 13.8 Å². The number of aromatic nitrogens is 2. The molecule has 8 heteroatoms. The summed E-state index contributed by atoms with van der Waals surface area (Å²) in [4.78, 5) is 35.0. The Morgan fingerprint density at radius 3 is 2.38 bits per heavy atom. The molecule has 0 aliphatic heterocycles. The number of anilines is 2. The lowest BCUT2D eigenvalue weighted by Crippen LogP contribution is -2.14. The molecule has 0 unspecified atom stereocenters. The molecule has 0 aromatic carbocycles. The Labute approximate surface area is 151 Å². The van der Waals surface area contributed by atoms with Crippen molar-refractivity contribution in [1.29, 1.82) is 0 Å². The maximum Gasteiger partial charge on any atom is 0.330 e. The SMILES string of the molecule is CCOC(=O)/C=C/c1cc(NC(=O)c2cc(NC(C)=O)cn2C)cn1C. The number of esters is 1. The molecule has 0 fully saturated rings. The first-order valence-electron chi connectivity index (χ1n) is 8.06. The van der Waals surface area contributed by atoms with Gasteiger partial charge in [0.05, 0.1) is 18.0 Å². The highest BCUT2D eigenvalue weighted by atomic mass is 16.5. The Morgan fingerprint density at radius 1 is 1.08 bits per heavy atom. The van der Waals surface area contributed by atoms with E-state index in [1.165, 1.54) is 13.0 Å². The Kier molecular flexibility index (Phi) is 6.00. The summed E-state index contributed by atoms with van der Waals surface area (Å²) in [5.74, 6) is -0.937. The number of nitrogens with zero attached hydrogens (tertiary/aromatic N) is 2. The maximum absolute atomic E-state index is 12.5. The van der Waals surface area contributed by atoms with Crippen LogP contribution in [0.4, 0.5) is 11.4 Å². The Balaban J connectivity index is 2.10. The van der Waals surface area contributed by atoms with Crippen molar-refractivity contribution < 1.29 is 19.1 Å². The molecule has 0 bridgehead atoms. The summed E-state index contributed by atoms with van der Waals surface area (Å²) in [6, 6.07) is 3.34. The van der Waals surface area contributed by atoms with Crippen LogP contribution in [0.5, 0.6) is 0 Å². The highest BCUT2D eigenvalue weighted by Crippen LogP contribution is 2.18. The number of ether oxygens (including phenoxy) is 1. The third-order valence-corrected chi connectivity index (χ3v) is 3.54. The molecular formula is C18H22N4O4. The van der Waals surface area contributed by atoms with Crippen LogP contribution in [-0.2, 0) is 28.4 Å². The molecule has 2 heterocycles. The van der Waals surface area contributed by atoms with Crippen molar-refractivity contribution in [1.82, 2.24) is 9.13 Å². The van der Waals surface area contributed by atoms with Gasteiger partial charge in [-0.05, 0) is 25.1 Å². The van der Waals surface area contributed by atoms with Gasteiger partial charge >= 0.3 is 5.97 Å². The van der Waals surface area contributed by atoms with Gasteiger partial charge in [-0.2, -0.15) is 0 Å². The van der Waals surface area contributed by atoms with E-state index in [0.29, 0.717) is 23.7 Å². The minimum Gasteiger partial charge on any atom is -0.463 e. The summed E-state index contributed by atoms with van der Waals surface area (Å²) in [6.07, 6.45) is 6.35. The zero-order valence-corrected chi connectivity index (χ0v) is 15.2. The van der Waals surface area contributed by atoms with Gasteiger partial charge in [0, 0.05) is 45.2 Å². The Bertz CT molecular complexity index is 861. The summed E-state index contributed by atoms with van der Waals surface area (Å²) >= 11 is 0. The monoisotopic (exact) mass is 358 g/mol. The van der Waals surface area contributed by atoms with Crippen LogP contribution in [0.3, 0.4) is 0 Å². The molecule has 0 aliphatic rings. The summed E-state index contributed by atoms with van der Waals surface area (Å²) < 4.78 is 8.25. The molecule has 0 saturated carbocycles. The zero-order chi connectivity index (χ0) is 19.3. The van der Waals surface area contributed by atoms with Crippen LogP contribution in [0.15, 0.2) is 30.6 Å². The van der Waals surface area contributed by atoms with Crippen LogP contribution in [0.25, 0.3) is 6.08 Å². The summed E-state index contributed by atoms with van der Waals surface area (Å²) in [5.41, 5.74) is 2.28. The van der Waals surface area contributed by atoms with E-state index in [4.69, 9.17) is 4.74 Å². The number of aryl methyl sites for hydroxylation is 2. The van der Waals surface area contributed by atoms with E-state index < -0.39 is 5.97 Å². The van der Waals surface area contributed by atoms with Crippen LogP contribution in [0.1, 0.15) is 30.0 Å². The predicted molar refractivity (Wildman–Crippen MR) is 98.7 cm³/mol. The van der Waals surface area contributed by atoms with E-state index in [2.05, 4.69) is 10.6 Å². The largest absolute Gasteiger partial charge is 0.463 e. The second kappa shape index (κ2) is 8.19. The fraction of sp³-hybridized carbons (Fsp3) is 0.278. The molecule has 0 radical (unpaired) electrons.